The lowest BCUT2D eigenvalue weighted by Crippen LogP contribution is -2.46. The van der Waals surface area contributed by atoms with Crippen molar-refractivity contribution in [2.75, 3.05) is 13.1 Å². The van der Waals surface area contributed by atoms with Gasteiger partial charge in [0, 0.05) is 13.1 Å². The predicted molar refractivity (Wildman–Crippen MR) is 76.2 cm³/mol. The first-order valence-electron chi connectivity index (χ1n) is 6.71. The van der Waals surface area contributed by atoms with Crippen molar-refractivity contribution in [3.05, 3.63) is 22.4 Å². The standard InChI is InChI=1S/C14H20N2O2S/c1-10(2)9-15-13(17)11-5-3-7-16(11)14(18)12-6-4-8-19-12/h4,6,8,10-11H,3,5,7,9H2,1-2H3,(H,15,17)/t11-/m0/s1. The lowest BCUT2D eigenvalue weighted by molar-refractivity contribution is -0.125. The van der Waals surface area contributed by atoms with Gasteiger partial charge in [-0.05, 0) is 30.2 Å². The van der Waals surface area contributed by atoms with Gasteiger partial charge < -0.3 is 10.2 Å². The Labute approximate surface area is 117 Å². The van der Waals surface area contributed by atoms with Crippen LogP contribution in [0.1, 0.15) is 36.4 Å². The van der Waals surface area contributed by atoms with Crippen molar-refractivity contribution in [3.63, 3.8) is 0 Å². The van der Waals surface area contributed by atoms with Gasteiger partial charge in [0.25, 0.3) is 5.91 Å². The van der Waals surface area contributed by atoms with E-state index in [2.05, 4.69) is 19.2 Å². The number of carbonyl (C=O) groups excluding carboxylic acids is 2. The Balaban J connectivity index is 2.00. The van der Waals surface area contributed by atoms with Gasteiger partial charge in [0.1, 0.15) is 6.04 Å². The van der Waals surface area contributed by atoms with Crippen molar-refractivity contribution >= 4 is 23.2 Å². The first kappa shape index (κ1) is 14.1. The van der Waals surface area contributed by atoms with Crippen LogP contribution < -0.4 is 5.32 Å². The predicted octanol–water partition coefficient (Wildman–Crippen LogP) is 2.12. The van der Waals surface area contributed by atoms with E-state index in [1.54, 1.807) is 4.90 Å². The molecule has 1 aromatic rings. The maximum absolute atomic E-state index is 12.3. The van der Waals surface area contributed by atoms with E-state index in [1.165, 1.54) is 11.3 Å². The summed E-state index contributed by atoms with van der Waals surface area (Å²) in [4.78, 5) is 26.9. The highest BCUT2D eigenvalue weighted by atomic mass is 32.1. The number of hydrogen-bond acceptors (Lipinski definition) is 3. The van der Waals surface area contributed by atoms with Gasteiger partial charge in [0.2, 0.25) is 5.91 Å². The topological polar surface area (TPSA) is 49.4 Å². The van der Waals surface area contributed by atoms with Crippen LogP contribution in [0.15, 0.2) is 17.5 Å². The van der Waals surface area contributed by atoms with Crippen LogP contribution in [0, 0.1) is 5.92 Å². The number of nitrogens with one attached hydrogen (secondary N) is 1. The Hall–Kier alpha value is -1.36. The van der Waals surface area contributed by atoms with Crippen LogP contribution in [-0.2, 0) is 4.79 Å². The van der Waals surface area contributed by atoms with Crippen molar-refractivity contribution in [1.29, 1.82) is 0 Å². The summed E-state index contributed by atoms with van der Waals surface area (Å²) in [5.41, 5.74) is 0. The molecule has 2 heterocycles. The van der Waals surface area contributed by atoms with Crippen molar-refractivity contribution < 1.29 is 9.59 Å². The molecule has 0 radical (unpaired) electrons. The van der Waals surface area contributed by atoms with Gasteiger partial charge >= 0.3 is 0 Å². The highest BCUT2D eigenvalue weighted by Crippen LogP contribution is 2.22. The van der Waals surface area contributed by atoms with Crippen LogP contribution in [0.5, 0.6) is 0 Å². The van der Waals surface area contributed by atoms with E-state index < -0.39 is 0 Å². The number of rotatable bonds is 4. The van der Waals surface area contributed by atoms with Gasteiger partial charge in [-0.2, -0.15) is 0 Å². The van der Waals surface area contributed by atoms with Gasteiger partial charge in [0.05, 0.1) is 4.88 Å². The second-order valence-electron chi connectivity index (χ2n) is 5.27. The van der Waals surface area contributed by atoms with Gasteiger partial charge in [0.15, 0.2) is 0 Å². The molecule has 0 unspecified atom stereocenters. The van der Waals surface area contributed by atoms with Crippen molar-refractivity contribution in [1.82, 2.24) is 10.2 Å². The Morgan fingerprint density at radius 3 is 2.95 bits per heavy atom. The maximum Gasteiger partial charge on any atom is 0.264 e. The first-order valence-corrected chi connectivity index (χ1v) is 7.59. The maximum atomic E-state index is 12.3. The van der Waals surface area contributed by atoms with E-state index in [4.69, 9.17) is 0 Å². The second kappa shape index (κ2) is 6.19. The molecular formula is C14H20N2O2S. The van der Waals surface area contributed by atoms with E-state index in [9.17, 15) is 9.59 Å². The quantitative estimate of drug-likeness (QED) is 0.918. The monoisotopic (exact) mass is 280 g/mol. The zero-order chi connectivity index (χ0) is 13.8. The summed E-state index contributed by atoms with van der Waals surface area (Å²) in [5, 5.41) is 4.81. The van der Waals surface area contributed by atoms with Crippen LogP contribution in [-0.4, -0.2) is 35.8 Å². The van der Waals surface area contributed by atoms with Crippen LogP contribution in [0.4, 0.5) is 0 Å². The molecule has 0 aliphatic carbocycles. The Kier molecular flexibility index (Phi) is 4.58. The van der Waals surface area contributed by atoms with E-state index >= 15 is 0 Å². The molecule has 1 saturated heterocycles. The molecule has 0 spiro atoms. The number of amides is 2. The molecule has 5 heteroatoms. The van der Waals surface area contributed by atoms with Crippen LogP contribution in [0.25, 0.3) is 0 Å². The SMILES string of the molecule is CC(C)CNC(=O)[C@@H]1CCCN1C(=O)c1cccs1. The summed E-state index contributed by atoms with van der Waals surface area (Å²) < 4.78 is 0. The minimum Gasteiger partial charge on any atom is -0.354 e. The zero-order valence-corrected chi connectivity index (χ0v) is 12.2. The number of likely N-dealkylation sites (tertiary alicyclic amines) is 1. The molecule has 0 saturated carbocycles. The number of thiophene rings is 1. The lowest BCUT2D eigenvalue weighted by Gasteiger charge is -2.23. The van der Waals surface area contributed by atoms with Crippen molar-refractivity contribution in [2.45, 2.75) is 32.7 Å². The molecule has 2 rings (SSSR count). The molecule has 1 aromatic heterocycles. The molecule has 1 fully saturated rings. The van der Waals surface area contributed by atoms with Gasteiger partial charge in [-0.3, -0.25) is 9.59 Å². The lowest BCUT2D eigenvalue weighted by atomic mass is 10.1. The fraction of sp³-hybridized carbons (Fsp3) is 0.571. The third-order valence-electron chi connectivity index (χ3n) is 3.23. The third kappa shape index (κ3) is 3.35. The van der Waals surface area contributed by atoms with Crippen molar-refractivity contribution in [3.8, 4) is 0 Å². The molecule has 0 bridgehead atoms. The highest BCUT2D eigenvalue weighted by molar-refractivity contribution is 7.12. The minimum atomic E-state index is -0.298. The number of hydrogen-bond donors (Lipinski definition) is 1. The Morgan fingerprint density at radius 2 is 2.32 bits per heavy atom. The minimum absolute atomic E-state index is 0.0165. The van der Waals surface area contributed by atoms with Gasteiger partial charge in [-0.25, -0.2) is 0 Å². The smallest absolute Gasteiger partial charge is 0.264 e. The summed E-state index contributed by atoms with van der Waals surface area (Å²) in [6.45, 7) is 5.46. The molecule has 104 valence electrons. The van der Waals surface area contributed by atoms with Crippen LogP contribution in [0.3, 0.4) is 0 Å². The Bertz CT molecular complexity index is 442. The van der Waals surface area contributed by atoms with Crippen LogP contribution in [0.2, 0.25) is 0 Å². The van der Waals surface area contributed by atoms with E-state index in [0.717, 1.165) is 12.8 Å². The molecule has 2 amide bonds. The van der Waals surface area contributed by atoms with E-state index in [-0.39, 0.29) is 17.9 Å². The highest BCUT2D eigenvalue weighted by Gasteiger charge is 2.34. The Morgan fingerprint density at radius 1 is 1.53 bits per heavy atom. The summed E-state index contributed by atoms with van der Waals surface area (Å²) in [6.07, 6.45) is 1.66. The molecule has 1 atom stereocenters. The third-order valence-corrected chi connectivity index (χ3v) is 4.09. The normalized spacial score (nSPS) is 18.9. The molecule has 1 aliphatic rings. The molecule has 0 aromatic carbocycles. The molecule has 1 aliphatic heterocycles. The molecule has 4 nitrogen and oxygen atoms in total. The number of nitrogens with zero attached hydrogens (tertiary/aromatic N) is 1. The van der Waals surface area contributed by atoms with Gasteiger partial charge in [-0.15, -0.1) is 11.3 Å². The van der Waals surface area contributed by atoms with Crippen molar-refractivity contribution in [2.24, 2.45) is 5.92 Å². The van der Waals surface area contributed by atoms with Crippen LogP contribution >= 0.6 is 11.3 Å². The molecule has 1 N–H and O–H groups in total. The van der Waals surface area contributed by atoms with E-state index in [1.807, 2.05) is 17.5 Å². The zero-order valence-electron chi connectivity index (χ0n) is 11.4. The second-order valence-corrected chi connectivity index (χ2v) is 6.22. The number of carbonyl (C=O) groups is 2. The first-order chi connectivity index (χ1) is 9.09. The summed E-state index contributed by atoms with van der Waals surface area (Å²) in [5.74, 6) is 0.389. The summed E-state index contributed by atoms with van der Waals surface area (Å²) >= 11 is 1.43. The average Bonchev–Trinajstić information content (AvgIpc) is 3.05. The molecular weight excluding hydrogens is 260 g/mol. The average molecular weight is 280 g/mol. The largest absolute Gasteiger partial charge is 0.354 e. The summed E-state index contributed by atoms with van der Waals surface area (Å²) in [7, 11) is 0. The van der Waals surface area contributed by atoms with Gasteiger partial charge in [-0.1, -0.05) is 19.9 Å². The fourth-order valence-corrected chi connectivity index (χ4v) is 2.93. The fourth-order valence-electron chi connectivity index (χ4n) is 2.25. The summed E-state index contributed by atoms with van der Waals surface area (Å²) in [6, 6.07) is 3.38. The van der Waals surface area contributed by atoms with E-state index in [0.29, 0.717) is 23.9 Å². The molecule has 19 heavy (non-hydrogen) atoms.